The van der Waals surface area contributed by atoms with E-state index in [2.05, 4.69) is 82.3 Å². The number of hydrogen-bond acceptors (Lipinski definition) is 3. The average molecular weight is 461 g/mol. The zero-order valence-electron chi connectivity index (χ0n) is 20.9. The Bertz CT molecular complexity index is 1160. The highest BCUT2D eigenvalue weighted by atomic mass is 32.1. The Morgan fingerprint density at radius 3 is 2.70 bits per heavy atom. The Hall–Kier alpha value is -2.59. The summed E-state index contributed by atoms with van der Waals surface area (Å²) in [5.41, 5.74) is 10.3. The maximum atomic E-state index is 6.22. The van der Waals surface area contributed by atoms with Crippen LogP contribution in [0.5, 0.6) is 5.75 Å². The predicted molar refractivity (Wildman–Crippen MR) is 143 cm³/mol. The summed E-state index contributed by atoms with van der Waals surface area (Å²) in [5, 5.41) is 2.33. The van der Waals surface area contributed by atoms with Gasteiger partial charge in [0.25, 0.3) is 0 Å². The van der Waals surface area contributed by atoms with E-state index >= 15 is 0 Å². The molecule has 0 fully saturated rings. The maximum Gasteiger partial charge on any atom is 0.122 e. The average Bonchev–Trinajstić information content (AvgIpc) is 3.37. The minimum absolute atomic E-state index is 0.697. The standard InChI is InChI=1S/C29H36N2OS/c1-7-19(3)11-12-32-27-15-22(10-9-20(27)4)29-28-24(17-33-29)14-23-13-21(5)26(16-25(23)28)30-18-31(6)8-2/h9-10,13,15-19H,7-8,11-12,14H2,1-6H3. The molecule has 1 atom stereocenters. The number of ether oxygens (including phenoxy) is 1. The van der Waals surface area contributed by atoms with Crippen LogP contribution in [-0.2, 0) is 6.42 Å². The van der Waals surface area contributed by atoms with Crippen molar-refractivity contribution in [1.29, 1.82) is 0 Å². The van der Waals surface area contributed by atoms with Crippen LogP contribution in [0.2, 0.25) is 0 Å². The molecule has 4 rings (SSSR count). The second-order valence-electron chi connectivity index (χ2n) is 9.39. The van der Waals surface area contributed by atoms with E-state index in [-0.39, 0.29) is 0 Å². The number of aryl methyl sites for hydroxylation is 2. The molecule has 0 N–H and O–H groups in total. The van der Waals surface area contributed by atoms with Crippen molar-refractivity contribution in [2.75, 3.05) is 20.2 Å². The number of thiophene rings is 1. The van der Waals surface area contributed by atoms with E-state index in [4.69, 9.17) is 9.73 Å². The molecule has 0 radical (unpaired) electrons. The van der Waals surface area contributed by atoms with Gasteiger partial charge in [0.05, 0.1) is 18.6 Å². The molecular weight excluding hydrogens is 424 g/mol. The molecular formula is C29H36N2OS. The summed E-state index contributed by atoms with van der Waals surface area (Å²) in [4.78, 5) is 8.21. The largest absolute Gasteiger partial charge is 0.493 e. The number of aliphatic imine (C=N–C) groups is 1. The van der Waals surface area contributed by atoms with Crippen molar-refractivity contribution in [2.24, 2.45) is 10.9 Å². The minimum Gasteiger partial charge on any atom is -0.493 e. The summed E-state index contributed by atoms with van der Waals surface area (Å²) in [7, 11) is 2.06. The number of rotatable bonds is 9. The van der Waals surface area contributed by atoms with Gasteiger partial charge in [-0.3, -0.25) is 0 Å². The monoisotopic (exact) mass is 460 g/mol. The van der Waals surface area contributed by atoms with Crippen molar-refractivity contribution in [3.05, 3.63) is 58.0 Å². The molecule has 33 heavy (non-hydrogen) atoms. The first-order valence-electron chi connectivity index (χ1n) is 12.1. The molecule has 0 aliphatic heterocycles. The summed E-state index contributed by atoms with van der Waals surface area (Å²) in [6, 6.07) is 11.3. The zero-order valence-corrected chi connectivity index (χ0v) is 21.7. The van der Waals surface area contributed by atoms with Crippen LogP contribution < -0.4 is 4.74 Å². The van der Waals surface area contributed by atoms with Gasteiger partial charge in [-0.1, -0.05) is 38.5 Å². The van der Waals surface area contributed by atoms with E-state index in [0.717, 1.165) is 37.4 Å². The van der Waals surface area contributed by atoms with Crippen LogP contribution in [0.15, 0.2) is 40.7 Å². The van der Waals surface area contributed by atoms with Crippen molar-refractivity contribution in [1.82, 2.24) is 4.90 Å². The van der Waals surface area contributed by atoms with Gasteiger partial charge in [-0.25, -0.2) is 4.99 Å². The van der Waals surface area contributed by atoms with E-state index in [9.17, 15) is 0 Å². The van der Waals surface area contributed by atoms with Crippen molar-refractivity contribution in [3.63, 3.8) is 0 Å². The van der Waals surface area contributed by atoms with Gasteiger partial charge in [0, 0.05) is 24.0 Å². The Labute approximate surface area is 203 Å². The number of nitrogens with zero attached hydrogens (tertiary/aromatic N) is 2. The summed E-state index contributed by atoms with van der Waals surface area (Å²) < 4.78 is 6.22. The fourth-order valence-corrected chi connectivity index (χ4v) is 5.31. The first kappa shape index (κ1) is 23.6. The first-order chi connectivity index (χ1) is 15.9. The van der Waals surface area contributed by atoms with Crippen LogP contribution in [0, 0.1) is 19.8 Å². The van der Waals surface area contributed by atoms with Crippen molar-refractivity contribution in [3.8, 4) is 27.3 Å². The molecule has 1 aliphatic rings. The Morgan fingerprint density at radius 1 is 1.12 bits per heavy atom. The molecule has 1 aromatic heterocycles. The summed E-state index contributed by atoms with van der Waals surface area (Å²) in [6.45, 7) is 12.7. The van der Waals surface area contributed by atoms with Gasteiger partial charge in [-0.05, 0) is 90.4 Å². The van der Waals surface area contributed by atoms with E-state index in [1.165, 1.54) is 50.2 Å². The van der Waals surface area contributed by atoms with Crippen LogP contribution in [-0.4, -0.2) is 31.4 Å². The topological polar surface area (TPSA) is 24.8 Å². The molecule has 3 nitrogen and oxygen atoms in total. The van der Waals surface area contributed by atoms with Crippen molar-refractivity contribution < 1.29 is 4.74 Å². The molecule has 1 unspecified atom stereocenters. The van der Waals surface area contributed by atoms with Gasteiger partial charge in [-0.2, -0.15) is 0 Å². The van der Waals surface area contributed by atoms with Crippen LogP contribution >= 0.6 is 11.3 Å². The first-order valence-corrected chi connectivity index (χ1v) is 13.0. The predicted octanol–water partition coefficient (Wildman–Crippen LogP) is 8.03. The van der Waals surface area contributed by atoms with E-state index in [0.29, 0.717) is 5.92 Å². The normalized spacial score (nSPS) is 13.3. The second-order valence-corrected chi connectivity index (χ2v) is 10.3. The third-order valence-corrected chi connectivity index (χ3v) is 7.93. The molecule has 0 bridgehead atoms. The molecule has 0 saturated heterocycles. The van der Waals surface area contributed by atoms with Gasteiger partial charge >= 0.3 is 0 Å². The number of fused-ring (bicyclic) bond motifs is 3. The molecule has 2 aromatic carbocycles. The highest BCUT2D eigenvalue weighted by Gasteiger charge is 2.25. The molecule has 174 valence electrons. The van der Waals surface area contributed by atoms with Crippen LogP contribution in [0.25, 0.3) is 21.6 Å². The lowest BCUT2D eigenvalue weighted by Gasteiger charge is -2.14. The third-order valence-electron chi connectivity index (χ3n) is 6.85. The van der Waals surface area contributed by atoms with Crippen molar-refractivity contribution >= 4 is 23.4 Å². The Kier molecular flexibility index (Phi) is 7.23. The fraction of sp³-hybridized carbons (Fsp3) is 0.414. The Balaban J connectivity index is 1.66. The summed E-state index contributed by atoms with van der Waals surface area (Å²) in [6.07, 6.45) is 5.23. The van der Waals surface area contributed by atoms with Crippen LogP contribution in [0.4, 0.5) is 5.69 Å². The lowest BCUT2D eigenvalue weighted by molar-refractivity contribution is 0.280. The van der Waals surface area contributed by atoms with Gasteiger partial charge in [0.15, 0.2) is 0 Å². The zero-order chi connectivity index (χ0) is 23.5. The van der Waals surface area contributed by atoms with E-state index in [1.807, 2.05) is 17.7 Å². The van der Waals surface area contributed by atoms with E-state index < -0.39 is 0 Å². The van der Waals surface area contributed by atoms with E-state index in [1.54, 1.807) is 0 Å². The molecule has 0 saturated carbocycles. The van der Waals surface area contributed by atoms with Gasteiger partial charge in [-0.15, -0.1) is 11.3 Å². The molecule has 4 heteroatoms. The highest BCUT2D eigenvalue weighted by Crippen LogP contribution is 2.49. The SMILES string of the molecule is CCC(C)CCOc1cc(-c2scc3c2-c2cc(N=CN(C)CC)c(C)cc2C3)ccc1C. The Morgan fingerprint density at radius 2 is 1.94 bits per heavy atom. The number of benzene rings is 2. The quantitative estimate of drug-likeness (QED) is 0.186. The summed E-state index contributed by atoms with van der Waals surface area (Å²) >= 11 is 1.85. The lowest BCUT2D eigenvalue weighted by Crippen LogP contribution is -2.14. The molecule has 1 aliphatic carbocycles. The molecule has 0 amide bonds. The van der Waals surface area contributed by atoms with Crippen molar-refractivity contribution in [2.45, 2.75) is 53.9 Å². The lowest BCUT2D eigenvalue weighted by atomic mass is 9.99. The minimum atomic E-state index is 0.697. The maximum absolute atomic E-state index is 6.22. The number of hydrogen-bond donors (Lipinski definition) is 0. The molecule has 3 aromatic rings. The van der Waals surface area contributed by atoms with Crippen LogP contribution in [0.1, 0.15) is 55.9 Å². The fourth-order valence-electron chi connectivity index (χ4n) is 4.22. The molecule has 1 heterocycles. The van der Waals surface area contributed by atoms with Gasteiger partial charge in [0.1, 0.15) is 5.75 Å². The molecule has 0 spiro atoms. The second kappa shape index (κ2) is 10.1. The summed E-state index contributed by atoms with van der Waals surface area (Å²) in [5.74, 6) is 1.70. The third kappa shape index (κ3) is 5.01. The smallest absolute Gasteiger partial charge is 0.122 e. The van der Waals surface area contributed by atoms with Crippen LogP contribution in [0.3, 0.4) is 0 Å². The van der Waals surface area contributed by atoms with Gasteiger partial charge in [0.2, 0.25) is 0 Å². The van der Waals surface area contributed by atoms with Gasteiger partial charge < -0.3 is 9.64 Å². The highest BCUT2D eigenvalue weighted by molar-refractivity contribution is 7.14.